The van der Waals surface area contributed by atoms with Gasteiger partial charge in [0, 0.05) is 17.0 Å². The van der Waals surface area contributed by atoms with E-state index >= 15 is 0 Å². The molecule has 0 aliphatic heterocycles. The summed E-state index contributed by atoms with van der Waals surface area (Å²) in [5.41, 5.74) is 8.06. The van der Waals surface area contributed by atoms with Crippen LogP contribution >= 0.6 is 27.3 Å². The van der Waals surface area contributed by atoms with Crippen molar-refractivity contribution in [2.45, 2.75) is 26.8 Å². The summed E-state index contributed by atoms with van der Waals surface area (Å²) < 4.78 is 6.19. The average Bonchev–Trinajstić information content (AvgIpc) is 2.80. The molecule has 2 N–H and O–H groups in total. The highest BCUT2D eigenvalue weighted by atomic mass is 79.9. The summed E-state index contributed by atoms with van der Waals surface area (Å²) in [5, 5.41) is 1.02. The van der Waals surface area contributed by atoms with Gasteiger partial charge in [-0.15, -0.1) is 11.3 Å². The second kappa shape index (κ2) is 6.70. The minimum Gasteiger partial charge on any atom is -0.496 e. The van der Waals surface area contributed by atoms with Crippen LogP contribution in [0, 0.1) is 5.92 Å². The minimum atomic E-state index is 0.553. The van der Waals surface area contributed by atoms with Crippen LogP contribution in [0.1, 0.15) is 24.4 Å². The van der Waals surface area contributed by atoms with Gasteiger partial charge in [0.1, 0.15) is 10.8 Å². The van der Waals surface area contributed by atoms with Crippen molar-refractivity contribution in [2.75, 3.05) is 7.11 Å². The third kappa shape index (κ3) is 3.40. The summed E-state index contributed by atoms with van der Waals surface area (Å²) in [6, 6.07) is 6.02. The van der Waals surface area contributed by atoms with E-state index in [0.717, 1.165) is 32.9 Å². The zero-order valence-corrected chi connectivity index (χ0v) is 14.3. The third-order valence-corrected chi connectivity index (χ3v) is 4.75. The molecule has 0 saturated heterocycles. The van der Waals surface area contributed by atoms with E-state index < -0.39 is 0 Å². The van der Waals surface area contributed by atoms with Gasteiger partial charge in [0.25, 0.3) is 0 Å². The van der Waals surface area contributed by atoms with Gasteiger partial charge in [-0.1, -0.05) is 13.8 Å². The van der Waals surface area contributed by atoms with Crippen LogP contribution in [0.5, 0.6) is 5.75 Å². The lowest BCUT2D eigenvalue weighted by Crippen LogP contribution is -2.01. The Hall–Kier alpha value is -0.910. The van der Waals surface area contributed by atoms with Crippen molar-refractivity contribution < 1.29 is 4.74 Å². The van der Waals surface area contributed by atoms with Crippen molar-refractivity contribution in [3.05, 3.63) is 33.2 Å². The number of ether oxygens (including phenoxy) is 1. The maximum absolute atomic E-state index is 5.83. The molecule has 2 aromatic rings. The fourth-order valence-electron chi connectivity index (χ4n) is 2.01. The molecule has 0 bridgehead atoms. The molecular weight excluding hydrogens is 336 g/mol. The molecule has 0 atom stereocenters. The van der Waals surface area contributed by atoms with Gasteiger partial charge in [-0.2, -0.15) is 0 Å². The monoisotopic (exact) mass is 354 g/mol. The van der Waals surface area contributed by atoms with Crippen molar-refractivity contribution in [3.63, 3.8) is 0 Å². The number of thiazole rings is 1. The number of rotatable bonds is 5. The van der Waals surface area contributed by atoms with Crippen LogP contribution in [0.15, 0.2) is 22.7 Å². The average molecular weight is 355 g/mol. The van der Waals surface area contributed by atoms with Crippen LogP contribution in [0.2, 0.25) is 0 Å². The number of benzene rings is 1. The van der Waals surface area contributed by atoms with Crippen LogP contribution in [0.25, 0.3) is 10.6 Å². The summed E-state index contributed by atoms with van der Waals surface area (Å²) in [7, 11) is 1.66. The maximum atomic E-state index is 5.83. The number of methoxy groups -OCH3 is 1. The number of hydrogen-bond acceptors (Lipinski definition) is 4. The van der Waals surface area contributed by atoms with E-state index in [1.807, 2.05) is 18.2 Å². The van der Waals surface area contributed by atoms with Crippen LogP contribution in [0.3, 0.4) is 0 Å². The summed E-state index contributed by atoms with van der Waals surface area (Å²) in [6.07, 6.45) is 0.973. The molecule has 20 heavy (non-hydrogen) atoms. The molecule has 5 heteroatoms. The fraction of sp³-hybridized carbons (Fsp3) is 0.400. The number of nitrogens with two attached hydrogens (primary N) is 1. The zero-order chi connectivity index (χ0) is 14.7. The molecule has 0 radical (unpaired) electrons. The van der Waals surface area contributed by atoms with Gasteiger partial charge in [0.2, 0.25) is 0 Å². The first kappa shape index (κ1) is 15.5. The Labute approximate surface area is 132 Å². The number of hydrogen-bond donors (Lipinski definition) is 1. The second-order valence-electron chi connectivity index (χ2n) is 5.04. The zero-order valence-electron chi connectivity index (χ0n) is 11.9. The smallest absolute Gasteiger partial charge is 0.133 e. The highest BCUT2D eigenvalue weighted by molar-refractivity contribution is 9.10. The van der Waals surface area contributed by atoms with E-state index in [2.05, 4.69) is 29.8 Å². The van der Waals surface area contributed by atoms with Gasteiger partial charge in [0.05, 0.1) is 17.3 Å². The number of halogens is 1. The summed E-state index contributed by atoms with van der Waals surface area (Å²) in [6.45, 7) is 4.95. The lowest BCUT2D eigenvalue weighted by atomic mass is 10.1. The SMILES string of the molecule is COc1ccc(-c2nc(CC(C)C)c(CN)s2)cc1Br. The molecule has 108 valence electrons. The van der Waals surface area contributed by atoms with Crippen molar-refractivity contribution in [3.8, 4) is 16.3 Å². The van der Waals surface area contributed by atoms with Crippen LogP contribution in [-0.2, 0) is 13.0 Å². The molecule has 0 unspecified atom stereocenters. The second-order valence-corrected chi connectivity index (χ2v) is 6.98. The first-order chi connectivity index (χ1) is 9.55. The molecule has 0 aliphatic carbocycles. The van der Waals surface area contributed by atoms with Crippen molar-refractivity contribution in [1.82, 2.24) is 4.98 Å². The summed E-state index contributed by atoms with van der Waals surface area (Å²) in [5.74, 6) is 1.41. The first-order valence-electron chi connectivity index (χ1n) is 6.57. The van der Waals surface area contributed by atoms with Crippen molar-refractivity contribution in [2.24, 2.45) is 11.7 Å². The summed E-state index contributed by atoms with van der Waals surface area (Å²) in [4.78, 5) is 5.95. The minimum absolute atomic E-state index is 0.553. The molecule has 0 fully saturated rings. The molecule has 3 nitrogen and oxygen atoms in total. The van der Waals surface area contributed by atoms with E-state index in [9.17, 15) is 0 Å². The normalized spacial score (nSPS) is 11.1. The van der Waals surface area contributed by atoms with Gasteiger partial charge >= 0.3 is 0 Å². The largest absolute Gasteiger partial charge is 0.496 e. The molecule has 1 heterocycles. The van der Waals surface area contributed by atoms with E-state index in [4.69, 9.17) is 15.5 Å². The van der Waals surface area contributed by atoms with Gasteiger partial charge in [-0.05, 0) is 46.5 Å². The van der Waals surface area contributed by atoms with Gasteiger partial charge < -0.3 is 10.5 Å². The highest BCUT2D eigenvalue weighted by Crippen LogP contribution is 2.34. The van der Waals surface area contributed by atoms with Gasteiger partial charge in [0.15, 0.2) is 0 Å². The molecule has 1 aromatic carbocycles. The number of nitrogens with zero attached hydrogens (tertiary/aromatic N) is 1. The van der Waals surface area contributed by atoms with Crippen molar-refractivity contribution in [1.29, 1.82) is 0 Å². The van der Waals surface area contributed by atoms with E-state index in [-0.39, 0.29) is 0 Å². The molecule has 0 saturated carbocycles. The van der Waals surface area contributed by atoms with Crippen LogP contribution in [-0.4, -0.2) is 12.1 Å². The van der Waals surface area contributed by atoms with Gasteiger partial charge in [-0.25, -0.2) is 4.98 Å². The van der Waals surface area contributed by atoms with E-state index in [1.165, 1.54) is 4.88 Å². The molecule has 0 amide bonds. The quantitative estimate of drug-likeness (QED) is 0.873. The Morgan fingerprint density at radius 2 is 2.15 bits per heavy atom. The Bertz CT molecular complexity index is 596. The van der Waals surface area contributed by atoms with Gasteiger partial charge in [-0.3, -0.25) is 0 Å². The summed E-state index contributed by atoms with van der Waals surface area (Å²) >= 11 is 5.19. The Balaban J connectivity index is 2.37. The van der Waals surface area contributed by atoms with Crippen LogP contribution in [0.4, 0.5) is 0 Å². The first-order valence-corrected chi connectivity index (χ1v) is 8.18. The molecule has 0 aliphatic rings. The predicted molar refractivity (Wildman–Crippen MR) is 88.2 cm³/mol. The highest BCUT2D eigenvalue weighted by Gasteiger charge is 2.13. The Morgan fingerprint density at radius 3 is 2.70 bits per heavy atom. The molecule has 2 rings (SSSR count). The molecule has 1 aromatic heterocycles. The molecular formula is C15H19BrN2OS. The third-order valence-electron chi connectivity index (χ3n) is 2.96. The standard InChI is InChI=1S/C15H19BrN2OS/c1-9(2)6-12-14(8-17)20-15(18-12)10-4-5-13(19-3)11(16)7-10/h4-5,7,9H,6,8,17H2,1-3H3. The fourth-order valence-corrected chi connectivity index (χ4v) is 3.52. The lowest BCUT2D eigenvalue weighted by molar-refractivity contribution is 0.412. The topological polar surface area (TPSA) is 48.1 Å². The maximum Gasteiger partial charge on any atom is 0.133 e. The van der Waals surface area contributed by atoms with E-state index in [0.29, 0.717) is 12.5 Å². The Morgan fingerprint density at radius 1 is 1.40 bits per heavy atom. The Kier molecular flexibility index (Phi) is 5.18. The lowest BCUT2D eigenvalue weighted by Gasteiger charge is -2.04. The van der Waals surface area contributed by atoms with E-state index in [1.54, 1.807) is 18.4 Å². The number of aromatic nitrogens is 1. The van der Waals surface area contributed by atoms with Crippen molar-refractivity contribution >= 4 is 27.3 Å². The predicted octanol–water partition coefficient (Wildman–Crippen LogP) is 4.24. The molecule has 0 spiro atoms. The van der Waals surface area contributed by atoms with Crippen LogP contribution < -0.4 is 10.5 Å².